The first kappa shape index (κ1) is 28.4. The molecule has 2 N–H and O–H groups in total. The number of methoxy groups -OCH3 is 1. The molecule has 1 saturated heterocycles. The lowest BCUT2D eigenvalue weighted by atomic mass is 10.2. The van der Waals surface area contributed by atoms with Crippen molar-refractivity contribution >= 4 is 34.9 Å². The largest absolute Gasteiger partial charge is 0.497 e. The molecule has 1 fully saturated rings. The van der Waals surface area contributed by atoms with Gasteiger partial charge in [0, 0.05) is 56.2 Å². The van der Waals surface area contributed by atoms with E-state index in [0.29, 0.717) is 37.6 Å². The van der Waals surface area contributed by atoms with Crippen LogP contribution in [0.2, 0.25) is 0 Å². The average molecular weight is 548 g/mol. The Kier molecular flexibility index (Phi) is 9.56. The molecule has 0 spiro atoms. The van der Waals surface area contributed by atoms with Crippen molar-refractivity contribution in [2.24, 2.45) is 0 Å². The molecule has 0 unspecified atom stereocenters. The van der Waals surface area contributed by atoms with Crippen LogP contribution in [0.4, 0.5) is 26.2 Å². The first-order valence-corrected chi connectivity index (χ1v) is 13.2. The number of anilines is 3. The monoisotopic (exact) mass is 547 g/mol. The van der Waals surface area contributed by atoms with Gasteiger partial charge in [-0.05, 0) is 66.2 Å². The highest BCUT2D eigenvalue weighted by molar-refractivity contribution is 5.94. The van der Waals surface area contributed by atoms with Crippen LogP contribution in [-0.2, 0) is 16.1 Å². The molecule has 40 heavy (non-hydrogen) atoms. The molecular formula is C30H34FN5O4. The van der Waals surface area contributed by atoms with Gasteiger partial charge in [0.1, 0.15) is 18.1 Å². The highest BCUT2D eigenvalue weighted by atomic mass is 19.1. The van der Waals surface area contributed by atoms with Gasteiger partial charge in [-0.25, -0.2) is 9.18 Å². The summed E-state index contributed by atoms with van der Waals surface area (Å²) in [5.74, 6) is -0.0946. The fourth-order valence-electron chi connectivity index (χ4n) is 4.44. The molecule has 4 amide bonds. The zero-order valence-corrected chi connectivity index (χ0v) is 22.7. The second-order valence-corrected chi connectivity index (χ2v) is 9.46. The van der Waals surface area contributed by atoms with Crippen molar-refractivity contribution in [3.63, 3.8) is 0 Å². The van der Waals surface area contributed by atoms with Crippen LogP contribution in [0.5, 0.6) is 5.75 Å². The molecule has 0 radical (unpaired) electrons. The summed E-state index contributed by atoms with van der Waals surface area (Å²) in [6, 6.07) is 20.4. The molecule has 210 valence electrons. The van der Waals surface area contributed by atoms with Gasteiger partial charge in [-0.3, -0.25) is 9.59 Å². The number of ether oxygens (including phenoxy) is 1. The Balaban J connectivity index is 1.26. The molecule has 3 aromatic rings. The number of amides is 4. The number of hydrogen-bond acceptors (Lipinski definition) is 5. The van der Waals surface area contributed by atoms with E-state index < -0.39 is 0 Å². The van der Waals surface area contributed by atoms with E-state index >= 15 is 0 Å². The molecule has 0 saturated carbocycles. The third-order valence-electron chi connectivity index (χ3n) is 6.70. The number of halogens is 1. The maximum Gasteiger partial charge on any atom is 0.321 e. The van der Waals surface area contributed by atoms with Gasteiger partial charge in [0.2, 0.25) is 11.8 Å². The Morgan fingerprint density at radius 1 is 0.850 bits per heavy atom. The average Bonchev–Trinajstić information content (AvgIpc) is 2.98. The Hall–Kier alpha value is -4.60. The van der Waals surface area contributed by atoms with Crippen molar-refractivity contribution in [2.45, 2.75) is 19.9 Å². The van der Waals surface area contributed by atoms with Crippen LogP contribution in [-0.4, -0.2) is 67.5 Å². The third-order valence-corrected chi connectivity index (χ3v) is 6.70. The zero-order valence-electron chi connectivity index (χ0n) is 22.7. The van der Waals surface area contributed by atoms with E-state index in [0.717, 1.165) is 17.0 Å². The second-order valence-electron chi connectivity index (χ2n) is 9.46. The molecule has 0 aromatic heterocycles. The van der Waals surface area contributed by atoms with Crippen LogP contribution in [0.1, 0.15) is 18.9 Å². The first-order chi connectivity index (χ1) is 19.3. The lowest BCUT2D eigenvalue weighted by Gasteiger charge is -2.36. The lowest BCUT2D eigenvalue weighted by Crippen LogP contribution is -2.50. The maximum atomic E-state index is 13.2. The standard InChI is InChI=1S/C30H34FN5O4/c1-3-29(38)36(20-22-4-6-23(31)7-5-22)21-28(37)32-24-8-12-26(13-9-24)34-16-18-35(19-17-34)30(39)33-25-10-14-27(40-2)15-11-25/h4-15H,3,16-21H2,1-2H3,(H,32,37)(H,33,39). The predicted molar refractivity (Wildman–Crippen MR) is 153 cm³/mol. The molecule has 4 rings (SSSR count). The van der Waals surface area contributed by atoms with Crippen molar-refractivity contribution in [2.75, 3.05) is 55.4 Å². The SMILES string of the molecule is CCC(=O)N(CC(=O)Nc1ccc(N2CCN(C(=O)Nc3ccc(OC)cc3)CC2)cc1)Cc1ccc(F)cc1. The molecule has 3 aromatic carbocycles. The van der Waals surface area contributed by atoms with Gasteiger partial charge in [0.05, 0.1) is 7.11 Å². The molecule has 1 aliphatic heterocycles. The van der Waals surface area contributed by atoms with Crippen LogP contribution in [0.25, 0.3) is 0 Å². The number of hydrogen-bond donors (Lipinski definition) is 2. The topological polar surface area (TPSA) is 94.2 Å². The molecule has 0 aliphatic carbocycles. The predicted octanol–water partition coefficient (Wildman–Crippen LogP) is 4.57. The van der Waals surface area contributed by atoms with Crippen molar-refractivity contribution in [3.8, 4) is 5.75 Å². The molecule has 1 aliphatic rings. The Morgan fingerprint density at radius 3 is 2.05 bits per heavy atom. The highest BCUT2D eigenvalue weighted by Crippen LogP contribution is 2.21. The summed E-state index contributed by atoms with van der Waals surface area (Å²) in [6.07, 6.45) is 0.263. The smallest absolute Gasteiger partial charge is 0.321 e. The summed E-state index contributed by atoms with van der Waals surface area (Å²) < 4.78 is 18.4. The number of carbonyl (C=O) groups is 3. The number of benzene rings is 3. The van der Waals surface area contributed by atoms with Gasteiger partial charge >= 0.3 is 6.03 Å². The van der Waals surface area contributed by atoms with E-state index in [4.69, 9.17) is 4.74 Å². The van der Waals surface area contributed by atoms with E-state index in [1.807, 2.05) is 24.3 Å². The van der Waals surface area contributed by atoms with E-state index in [1.165, 1.54) is 17.0 Å². The number of carbonyl (C=O) groups excluding carboxylic acids is 3. The summed E-state index contributed by atoms with van der Waals surface area (Å²) in [5.41, 5.74) is 3.08. The number of rotatable bonds is 9. The Bertz CT molecular complexity index is 1290. The van der Waals surface area contributed by atoms with Crippen LogP contribution < -0.4 is 20.3 Å². The Labute approximate surface area is 233 Å². The first-order valence-electron chi connectivity index (χ1n) is 13.2. The van der Waals surface area contributed by atoms with Gasteiger partial charge in [-0.1, -0.05) is 19.1 Å². The minimum atomic E-state index is -0.351. The molecular weight excluding hydrogens is 513 g/mol. The molecule has 10 heteroatoms. The number of piperazine rings is 1. The van der Waals surface area contributed by atoms with Gasteiger partial charge in [0.25, 0.3) is 0 Å². The van der Waals surface area contributed by atoms with Gasteiger partial charge < -0.3 is 30.1 Å². The van der Waals surface area contributed by atoms with E-state index in [1.54, 1.807) is 55.3 Å². The highest BCUT2D eigenvalue weighted by Gasteiger charge is 2.22. The Morgan fingerprint density at radius 2 is 1.45 bits per heavy atom. The fourth-order valence-corrected chi connectivity index (χ4v) is 4.44. The molecule has 0 bridgehead atoms. The molecule has 9 nitrogen and oxygen atoms in total. The summed E-state index contributed by atoms with van der Waals surface area (Å²) in [6.45, 7) is 4.38. The second kappa shape index (κ2) is 13.5. The summed E-state index contributed by atoms with van der Waals surface area (Å²) in [7, 11) is 1.60. The van der Waals surface area contributed by atoms with Crippen molar-refractivity contribution in [1.82, 2.24) is 9.80 Å². The normalized spacial score (nSPS) is 13.0. The lowest BCUT2D eigenvalue weighted by molar-refractivity contribution is -0.135. The quantitative estimate of drug-likeness (QED) is 0.410. The minimum Gasteiger partial charge on any atom is -0.497 e. The molecule has 1 heterocycles. The van der Waals surface area contributed by atoms with Crippen LogP contribution >= 0.6 is 0 Å². The van der Waals surface area contributed by atoms with Crippen LogP contribution in [0.3, 0.4) is 0 Å². The number of nitrogens with zero attached hydrogens (tertiary/aromatic N) is 3. The zero-order chi connectivity index (χ0) is 28.5. The molecule has 0 atom stereocenters. The maximum absolute atomic E-state index is 13.2. The van der Waals surface area contributed by atoms with Crippen molar-refractivity contribution in [1.29, 1.82) is 0 Å². The van der Waals surface area contributed by atoms with Gasteiger partial charge in [0.15, 0.2) is 0 Å². The number of urea groups is 1. The van der Waals surface area contributed by atoms with Crippen molar-refractivity contribution < 1.29 is 23.5 Å². The number of nitrogens with one attached hydrogen (secondary N) is 2. The van der Waals surface area contributed by atoms with Gasteiger partial charge in [-0.2, -0.15) is 0 Å². The van der Waals surface area contributed by atoms with Gasteiger partial charge in [-0.15, -0.1) is 0 Å². The summed E-state index contributed by atoms with van der Waals surface area (Å²) in [5, 5.41) is 5.76. The summed E-state index contributed by atoms with van der Waals surface area (Å²) >= 11 is 0. The van der Waals surface area contributed by atoms with E-state index in [-0.39, 0.29) is 43.2 Å². The van der Waals surface area contributed by atoms with Crippen molar-refractivity contribution in [3.05, 3.63) is 84.2 Å². The van der Waals surface area contributed by atoms with Crippen LogP contribution in [0, 0.1) is 5.82 Å². The van der Waals surface area contributed by atoms with E-state index in [9.17, 15) is 18.8 Å². The summed E-state index contributed by atoms with van der Waals surface area (Å²) in [4.78, 5) is 43.2. The van der Waals surface area contributed by atoms with Crippen LogP contribution in [0.15, 0.2) is 72.8 Å². The third kappa shape index (κ3) is 7.72. The minimum absolute atomic E-state index is 0.105. The fraction of sp³-hybridized carbons (Fsp3) is 0.300. The van der Waals surface area contributed by atoms with E-state index in [2.05, 4.69) is 15.5 Å².